The minimum atomic E-state index is 0. The van der Waals surface area contributed by atoms with Crippen molar-refractivity contribution in [2.45, 2.75) is 60.8 Å². The largest absolute Gasteiger partial charge is 2.00 e. The molecule has 2 aromatic rings. The Morgan fingerprint density at radius 3 is 1.70 bits per heavy atom. The van der Waals surface area contributed by atoms with Crippen LogP contribution in [0.3, 0.4) is 0 Å². The summed E-state index contributed by atoms with van der Waals surface area (Å²) in [6.07, 6.45) is 4.53. The van der Waals surface area contributed by atoms with Crippen molar-refractivity contribution < 1.29 is 19.5 Å². The van der Waals surface area contributed by atoms with E-state index in [1.807, 2.05) is 20.8 Å². The van der Waals surface area contributed by atoms with Crippen molar-refractivity contribution in [3.05, 3.63) is 56.8 Å². The summed E-state index contributed by atoms with van der Waals surface area (Å²) in [7, 11) is 0. The zero-order valence-corrected chi connectivity index (χ0v) is 23.6. The number of aromatic nitrogens is 2. The standard InChI is InChI=1S/C11H13N3.C10H13BrN2.2CN.CH4.Zn/c1-7-9-4-3-5-13-11(9)14-8(2)10(7)6-12;1-6-8-4-3-5-12-10(8)13-7(2)9(6)11;2*1-2;;/h3-5H2,1-2H3,(H,13,14);3-5H2,1-2H3,(H,12,13);;;1H4;/q;;2*-1;;+2. The van der Waals surface area contributed by atoms with Gasteiger partial charge in [0.2, 0.25) is 0 Å². The zero-order chi connectivity index (χ0) is 23.6. The van der Waals surface area contributed by atoms with Gasteiger partial charge in [0.15, 0.2) is 0 Å². The average Bonchev–Trinajstić information content (AvgIpc) is 2.81. The Labute approximate surface area is 219 Å². The molecule has 4 rings (SSSR count). The number of nitrogens with zero attached hydrogens (tertiary/aromatic N) is 5. The summed E-state index contributed by atoms with van der Waals surface area (Å²) in [6.45, 7) is 19.6. The molecule has 4 heterocycles. The third kappa shape index (κ3) is 7.78. The maximum Gasteiger partial charge on any atom is 2.00 e. The first-order valence-electron chi connectivity index (χ1n) is 9.92. The normalized spacial score (nSPS) is 12.0. The third-order valence-electron chi connectivity index (χ3n) is 5.32. The van der Waals surface area contributed by atoms with Gasteiger partial charge in [-0.2, -0.15) is 5.26 Å². The van der Waals surface area contributed by atoms with Gasteiger partial charge in [0.05, 0.1) is 17.0 Å². The van der Waals surface area contributed by atoms with Crippen molar-refractivity contribution in [2.24, 2.45) is 0 Å². The quantitative estimate of drug-likeness (QED) is 0.318. The Bertz CT molecular complexity index is 1000. The molecule has 0 bridgehead atoms. The zero-order valence-electron chi connectivity index (χ0n) is 19.1. The summed E-state index contributed by atoms with van der Waals surface area (Å²) in [5, 5.41) is 28.1. The second kappa shape index (κ2) is 16.1. The van der Waals surface area contributed by atoms with E-state index in [-0.39, 0.29) is 26.9 Å². The minimum absolute atomic E-state index is 0. The maximum absolute atomic E-state index is 8.99. The van der Waals surface area contributed by atoms with Crippen LogP contribution in [0.4, 0.5) is 11.6 Å². The number of fused-ring (bicyclic) bond motifs is 2. The molecule has 2 N–H and O–H groups in total. The van der Waals surface area contributed by atoms with E-state index in [2.05, 4.69) is 49.5 Å². The van der Waals surface area contributed by atoms with Crippen molar-refractivity contribution in [3.8, 4) is 6.07 Å². The minimum Gasteiger partial charge on any atom is -0.512 e. The summed E-state index contributed by atoms with van der Waals surface area (Å²) in [4.78, 5) is 8.93. The predicted molar refractivity (Wildman–Crippen MR) is 130 cm³/mol. The number of anilines is 2. The molecule has 0 atom stereocenters. The van der Waals surface area contributed by atoms with Crippen LogP contribution in [-0.4, -0.2) is 23.1 Å². The Morgan fingerprint density at radius 2 is 1.24 bits per heavy atom. The number of hydrogen-bond acceptors (Lipinski definition) is 7. The number of nitriles is 1. The first kappa shape index (κ1) is 32.7. The number of halogens is 1. The van der Waals surface area contributed by atoms with E-state index >= 15 is 0 Å². The fourth-order valence-electron chi connectivity index (χ4n) is 3.77. The molecule has 0 aliphatic carbocycles. The second-order valence-electron chi connectivity index (χ2n) is 7.16. The van der Waals surface area contributed by atoms with Gasteiger partial charge < -0.3 is 34.3 Å². The summed E-state index contributed by atoms with van der Waals surface area (Å²) >= 11 is 3.57. The van der Waals surface area contributed by atoms with Gasteiger partial charge in [-0.15, -0.1) is 0 Å². The van der Waals surface area contributed by atoms with E-state index in [4.69, 9.17) is 28.9 Å². The molecule has 0 spiro atoms. The molecule has 0 unspecified atom stereocenters. The first-order chi connectivity index (χ1) is 14.9. The SMILES string of the molecule is C.Cc1nc2c(c(C)c1Br)CCCN2.Cc1nc2c(c(C)c1C#N)CCCN2.[C-]#N.[C-]#N.[Zn+2]. The number of rotatable bonds is 0. The van der Waals surface area contributed by atoms with Gasteiger partial charge in [0.1, 0.15) is 17.7 Å². The molecule has 170 valence electrons. The number of hydrogen-bond donors (Lipinski definition) is 2. The summed E-state index contributed by atoms with van der Waals surface area (Å²) in [5.74, 6) is 2.06. The van der Waals surface area contributed by atoms with Crippen LogP contribution < -0.4 is 10.6 Å². The fraction of sp³-hybridized carbons (Fsp3) is 0.458. The topological polar surface area (TPSA) is 121 Å². The Morgan fingerprint density at radius 1 is 0.818 bits per heavy atom. The van der Waals surface area contributed by atoms with E-state index in [1.54, 1.807) is 0 Å². The molecule has 0 radical (unpaired) electrons. The fourth-order valence-corrected chi connectivity index (χ4v) is 4.10. The van der Waals surface area contributed by atoms with E-state index in [0.29, 0.717) is 0 Å². The molecule has 2 aromatic heterocycles. The second-order valence-corrected chi connectivity index (χ2v) is 7.95. The van der Waals surface area contributed by atoms with Crippen LogP contribution in [0.25, 0.3) is 0 Å². The summed E-state index contributed by atoms with van der Waals surface area (Å²) in [5.41, 5.74) is 7.69. The first-order valence-corrected chi connectivity index (χ1v) is 10.7. The van der Waals surface area contributed by atoms with Crippen LogP contribution in [0.1, 0.15) is 59.5 Å². The van der Waals surface area contributed by atoms with Gasteiger partial charge >= 0.3 is 19.5 Å². The number of pyridine rings is 2. The van der Waals surface area contributed by atoms with Gasteiger partial charge in [0, 0.05) is 17.6 Å². The Balaban J connectivity index is 0. The van der Waals surface area contributed by atoms with Crippen molar-refractivity contribution >= 4 is 27.6 Å². The van der Waals surface area contributed by atoms with Crippen molar-refractivity contribution in [2.75, 3.05) is 23.7 Å². The van der Waals surface area contributed by atoms with Gasteiger partial charge in [-0.1, -0.05) is 7.43 Å². The molecule has 0 saturated carbocycles. The molecule has 0 fully saturated rings. The van der Waals surface area contributed by atoms with Crippen molar-refractivity contribution in [3.63, 3.8) is 0 Å². The number of nitrogens with one attached hydrogen (secondary N) is 2. The van der Waals surface area contributed by atoms with E-state index in [9.17, 15) is 0 Å². The molecule has 0 aromatic carbocycles. The van der Waals surface area contributed by atoms with Gasteiger partial charge in [-0.25, -0.2) is 9.97 Å². The monoisotopic (exact) mass is 559 g/mol. The molecular formula is C24H30BrN7Zn. The van der Waals surface area contributed by atoms with Crippen LogP contribution in [0, 0.1) is 62.7 Å². The van der Waals surface area contributed by atoms with E-state index in [0.717, 1.165) is 71.0 Å². The van der Waals surface area contributed by atoms with Crippen molar-refractivity contribution in [1.29, 1.82) is 15.8 Å². The summed E-state index contributed by atoms with van der Waals surface area (Å²) < 4.78 is 1.16. The van der Waals surface area contributed by atoms with E-state index < -0.39 is 0 Å². The van der Waals surface area contributed by atoms with Crippen LogP contribution in [0.15, 0.2) is 4.47 Å². The Hall–Kier alpha value is -2.53. The van der Waals surface area contributed by atoms with Gasteiger partial charge in [0.25, 0.3) is 0 Å². The van der Waals surface area contributed by atoms with Crippen LogP contribution in [0.5, 0.6) is 0 Å². The molecule has 0 saturated heterocycles. The average molecular weight is 562 g/mol. The summed E-state index contributed by atoms with van der Waals surface area (Å²) in [6, 6.07) is 2.22. The van der Waals surface area contributed by atoms with Crippen molar-refractivity contribution in [1.82, 2.24) is 9.97 Å². The number of aryl methyl sites for hydroxylation is 2. The van der Waals surface area contributed by atoms with Crippen LogP contribution in [-0.2, 0) is 32.3 Å². The molecular weight excluding hydrogens is 532 g/mol. The molecule has 2 aliphatic heterocycles. The predicted octanol–water partition coefficient (Wildman–Crippen LogP) is 5.57. The maximum atomic E-state index is 8.99. The van der Waals surface area contributed by atoms with E-state index in [1.165, 1.54) is 23.1 Å². The third-order valence-corrected chi connectivity index (χ3v) is 6.49. The van der Waals surface area contributed by atoms with Crippen LogP contribution >= 0.6 is 15.9 Å². The molecule has 0 amide bonds. The Kier molecular flexibility index (Phi) is 16.0. The molecule has 7 nitrogen and oxygen atoms in total. The van der Waals surface area contributed by atoms with Gasteiger partial charge in [-0.05, 0) is 91.6 Å². The smallest absolute Gasteiger partial charge is 0.512 e. The van der Waals surface area contributed by atoms with Gasteiger partial charge in [-0.3, -0.25) is 0 Å². The molecule has 33 heavy (non-hydrogen) atoms. The van der Waals surface area contributed by atoms with Crippen LogP contribution in [0.2, 0.25) is 0 Å². The molecule has 9 heteroatoms. The molecule has 2 aliphatic rings.